The Hall–Kier alpha value is -4.74. The van der Waals surface area contributed by atoms with Crippen molar-refractivity contribution in [2.75, 3.05) is 35.8 Å². The van der Waals surface area contributed by atoms with Crippen LogP contribution in [-0.4, -0.2) is 12.2 Å². The predicted molar refractivity (Wildman–Crippen MR) is 186 cm³/mol. The van der Waals surface area contributed by atoms with Gasteiger partial charge in [0, 0.05) is 32.6 Å². The topological polar surface area (TPSA) is 184 Å². The first-order chi connectivity index (χ1) is 20.3. The SMILES string of the molecule is COc1cc(N)c(C)cc1N.Cc1ccc(N)cc1.Cc1ccccc1N=Nc1c(S)cc2c(S)cc(N)c(N)c2c1O. The van der Waals surface area contributed by atoms with Crippen LogP contribution in [0.3, 0.4) is 0 Å². The summed E-state index contributed by atoms with van der Waals surface area (Å²) in [7, 11) is 1.57. The van der Waals surface area contributed by atoms with Crippen molar-refractivity contribution in [3.05, 3.63) is 89.5 Å². The minimum atomic E-state index is -0.116. The van der Waals surface area contributed by atoms with Gasteiger partial charge in [0.05, 0.1) is 35.2 Å². The highest BCUT2D eigenvalue weighted by atomic mass is 32.1. The first-order valence-electron chi connectivity index (χ1n) is 13.1. The van der Waals surface area contributed by atoms with Crippen LogP contribution >= 0.6 is 25.3 Å². The molecule has 0 saturated heterocycles. The average Bonchev–Trinajstić information content (AvgIpc) is 2.96. The van der Waals surface area contributed by atoms with Gasteiger partial charge in [0.25, 0.3) is 0 Å². The first kappa shape index (κ1) is 32.8. The average molecular weight is 616 g/mol. The number of aromatic hydroxyl groups is 1. The summed E-state index contributed by atoms with van der Waals surface area (Å²) in [4.78, 5) is 1.07. The van der Waals surface area contributed by atoms with E-state index in [9.17, 15) is 5.11 Å². The monoisotopic (exact) mass is 615 g/mol. The molecule has 43 heavy (non-hydrogen) atoms. The van der Waals surface area contributed by atoms with Crippen molar-refractivity contribution in [2.24, 2.45) is 10.2 Å². The van der Waals surface area contributed by atoms with Crippen molar-refractivity contribution in [1.29, 1.82) is 0 Å². The number of nitrogens with two attached hydrogens (primary N) is 5. The fourth-order valence-electron chi connectivity index (χ4n) is 3.91. The van der Waals surface area contributed by atoms with Crippen molar-refractivity contribution < 1.29 is 9.84 Å². The van der Waals surface area contributed by atoms with Gasteiger partial charge < -0.3 is 38.5 Å². The second-order valence-corrected chi connectivity index (χ2v) is 10.7. The molecular weight excluding hydrogens is 579 g/mol. The summed E-state index contributed by atoms with van der Waals surface area (Å²) in [6.07, 6.45) is 0. The number of ether oxygens (including phenoxy) is 1. The highest BCUT2D eigenvalue weighted by molar-refractivity contribution is 7.80. The van der Waals surface area contributed by atoms with Crippen molar-refractivity contribution in [1.82, 2.24) is 0 Å². The number of nitrogen functional groups attached to an aromatic ring is 5. The van der Waals surface area contributed by atoms with Crippen molar-refractivity contribution in [3.63, 3.8) is 0 Å². The summed E-state index contributed by atoms with van der Waals surface area (Å²) in [5, 5.41) is 20.1. The zero-order valence-corrected chi connectivity index (χ0v) is 26.2. The molecule has 0 aromatic heterocycles. The Balaban J connectivity index is 0.000000218. The van der Waals surface area contributed by atoms with Crippen LogP contribution in [-0.2, 0) is 0 Å². The maximum absolute atomic E-state index is 10.6. The summed E-state index contributed by atoms with van der Waals surface area (Å²) in [6, 6.07) is 22.3. The Morgan fingerprint density at radius 3 is 1.95 bits per heavy atom. The van der Waals surface area contributed by atoms with Gasteiger partial charge in [-0.15, -0.1) is 30.4 Å². The summed E-state index contributed by atoms with van der Waals surface area (Å²) < 4.78 is 4.98. The van der Waals surface area contributed by atoms with Gasteiger partial charge in [-0.3, -0.25) is 0 Å². The Morgan fingerprint density at radius 1 is 0.698 bits per heavy atom. The van der Waals surface area contributed by atoms with Crippen LogP contribution in [0.25, 0.3) is 10.8 Å². The molecular formula is C32H37N7O2S2. The van der Waals surface area contributed by atoms with Crippen LogP contribution in [0.5, 0.6) is 11.5 Å². The van der Waals surface area contributed by atoms with Crippen molar-refractivity contribution >= 4 is 75.8 Å². The molecule has 0 unspecified atom stereocenters. The number of aryl methyl sites for hydroxylation is 3. The van der Waals surface area contributed by atoms with Gasteiger partial charge in [0.1, 0.15) is 11.4 Å². The number of benzene rings is 5. The molecule has 0 aliphatic carbocycles. The van der Waals surface area contributed by atoms with E-state index >= 15 is 0 Å². The lowest BCUT2D eigenvalue weighted by Crippen LogP contribution is -1.96. The molecule has 224 valence electrons. The minimum Gasteiger partial charge on any atom is -0.505 e. The molecule has 11 heteroatoms. The molecule has 0 spiro atoms. The van der Waals surface area contributed by atoms with E-state index in [1.807, 2.05) is 69.3 Å². The minimum absolute atomic E-state index is 0.116. The number of phenolic OH excluding ortho intramolecular Hbond substituents is 1. The molecule has 0 heterocycles. The Morgan fingerprint density at radius 2 is 1.35 bits per heavy atom. The van der Waals surface area contributed by atoms with Crippen LogP contribution in [0.15, 0.2) is 92.8 Å². The van der Waals surface area contributed by atoms with E-state index in [0.717, 1.165) is 16.8 Å². The maximum Gasteiger partial charge on any atom is 0.154 e. The number of methoxy groups -OCH3 is 1. The van der Waals surface area contributed by atoms with E-state index in [0.29, 0.717) is 49.1 Å². The van der Waals surface area contributed by atoms with E-state index in [1.165, 1.54) is 5.56 Å². The molecule has 5 rings (SSSR count). The normalized spacial score (nSPS) is 10.6. The fourth-order valence-corrected chi connectivity index (χ4v) is 4.51. The Labute approximate surface area is 262 Å². The second-order valence-electron chi connectivity index (χ2n) is 9.76. The van der Waals surface area contributed by atoms with E-state index < -0.39 is 0 Å². The smallest absolute Gasteiger partial charge is 0.154 e. The van der Waals surface area contributed by atoms with Crippen LogP contribution in [0.4, 0.5) is 39.8 Å². The predicted octanol–water partition coefficient (Wildman–Crippen LogP) is 7.76. The largest absolute Gasteiger partial charge is 0.505 e. The molecule has 0 bridgehead atoms. The number of anilines is 5. The molecule has 5 aromatic rings. The zero-order valence-electron chi connectivity index (χ0n) is 24.5. The summed E-state index contributed by atoms with van der Waals surface area (Å²) in [5.41, 5.74) is 35.5. The quantitative estimate of drug-likeness (QED) is 0.0579. The molecule has 0 fully saturated rings. The number of hydrogen-bond acceptors (Lipinski definition) is 11. The summed E-state index contributed by atoms with van der Waals surface area (Å²) in [6.45, 7) is 5.88. The lowest BCUT2D eigenvalue weighted by Gasteiger charge is -2.13. The lowest BCUT2D eigenvalue weighted by molar-refractivity contribution is 0.417. The standard InChI is InChI=1S/C17H16N4OS2.C8H12N2O.C7H9N/c1-8-4-2-3-5-11(8)20-21-16-13(24)6-9-12(23)7-10(18)15(19)14(9)17(16)22;1-5-3-7(10)8(11-2)4-6(5)9;1-6-2-4-7(8)5-3-6/h2-7,22-24H,18-19H2,1H3;3-4H,9-10H2,1-2H3;2-5H,8H2,1H3. The van der Waals surface area contributed by atoms with Crippen LogP contribution in [0, 0.1) is 20.8 Å². The van der Waals surface area contributed by atoms with Gasteiger partial charge in [-0.05, 0) is 68.3 Å². The van der Waals surface area contributed by atoms with E-state index in [4.69, 9.17) is 33.4 Å². The van der Waals surface area contributed by atoms with Crippen LogP contribution in [0.1, 0.15) is 16.7 Å². The second kappa shape index (κ2) is 14.4. The molecule has 0 atom stereocenters. The molecule has 0 aliphatic heterocycles. The van der Waals surface area contributed by atoms with E-state index in [2.05, 4.69) is 35.5 Å². The van der Waals surface area contributed by atoms with Gasteiger partial charge in [-0.2, -0.15) is 5.11 Å². The summed E-state index contributed by atoms with van der Waals surface area (Å²) in [5.74, 6) is 0.517. The molecule has 0 amide bonds. The van der Waals surface area contributed by atoms with Gasteiger partial charge in [0.2, 0.25) is 0 Å². The van der Waals surface area contributed by atoms with Gasteiger partial charge in [-0.25, -0.2) is 0 Å². The highest BCUT2D eigenvalue weighted by Gasteiger charge is 2.17. The van der Waals surface area contributed by atoms with E-state index in [1.54, 1.807) is 31.4 Å². The third-order valence-electron chi connectivity index (χ3n) is 6.47. The highest BCUT2D eigenvalue weighted by Crippen LogP contribution is 2.46. The van der Waals surface area contributed by atoms with Crippen LogP contribution < -0.4 is 33.4 Å². The zero-order chi connectivity index (χ0) is 31.8. The molecule has 0 radical (unpaired) electrons. The third-order valence-corrected chi connectivity index (χ3v) is 7.18. The number of hydrogen-bond donors (Lipinski definition) is 8. The van der Waals surface area contributed by atoms with Crippen molar-refractivity contribution in [3.8, 4) is 11.5 Å². The molecule has 9 nitrogen and oxygen atoms in total. The molecule has 11 N–H and O–H groups in total. The Bertz CT molecular complexity index is 1750. The van der Waals surface area contributed by atoms with E-state index in [-0.39, 0.29) is 17.1 Å². The molecule has 0 aliphatic rings. The van der Waals surface area contributed by atoms with Gasteiger partial charge >= 0.3 is 0 Å². The Kier molecular flexibility index (Phi) is 11.0. The summed E-state index contributed by atoms with van der Waals surface area (Å²) >= 11 is 8.79. The van der Waals surface area contributed by atoms with Gasteiger partial charge in [0.15, 0.2) is 5.75 Å². The number of nitrogens with zero attached hydrogens (tertiary/aromatic N) is 2. The fraction of sp³-hybridized carbons (Fsp3) is 0.125. The van der Waals surface area contributed by atoms with Gasteiger partial charge in [-0.1, -0.05) is 35.9 Å². The number of azo groups is 1. The third kappa shape index (κ3) is 8.18. The number of phenols is 1. The number of fused-ring (bicyclic) bond motifs is 1. The van der Waals surface area contributed by atoms with Crippen molar-refractivity contribution in [2.45, 2.75) is 30.6 Å². The molecule has 0 saturated carbocycles. The molecule has 5 aromatic carbocycles. The number of rotatable bonds is 3. The van der Waals surface area contributed by atoms with Crippen LogP contribution in [0.2, 0.25) is 0 Å². The number of thiol groups is 2. The first-order valence-corrected chi connectivity index (χ1v) is 14.0. The maximum atomic E-state index is 10.6. The lowest BCUT2D eigenvalue weighted by atomic mass is 10.1.